The zero-order chi connectivity index (χ0) is 20.3. The summed E-state index contributed by atoms with van der Waals surface area (Å²) in [7, 11) is 1.63. The molecule has 0 bridgehead atoms. The lowest BCUT2D eigenvalue weighted by atomic mass is 9.85. The van der Waals surface area contributed by atoms with Crippen LogP contribution in [0, 0.1) is 13.8 Å². The summed E-state index contributed by atoms with van der Waals surface area (Å²) in [5.74, 6) is 0.0733. The summed E-state index contributed by atoms with van der Waals surface area (Å²) < 4.78 is 5.13. The summed E-state index contributed by atoms with van der Waals surface area (Å²) in [5.41, 5.74) is 1.26. The molecule has 8 nitrogen and oxygen atoms in total. The highest BCUT2D eigenvalue weighted by Crippen LogP contribution is 2.38. The van der Waals surface area contributed by atoms with Crippen molar-refractivity contribution in [2.45, 2.75) is 57.9 Å². The van der Waals surface area contributed by atoms with Crippen LogP contribution in [-0.4, -0.2) is 70.5 Å². The first-order chi connectivity index (χ1) is 13.4. The molecule has 0 radical (unpaired) electrons. The SMILES string of the molecule is COCCN1CCCC2(CCCN2C(=O)CCc2c(C)nc(=O)[nH]c2C)C1=O. The van der Waals surface area contributed by atoms with Crippen LogP contribution in [0.2, 0.25) is 0 Å². The molecule has 0 aliphatic carbocycles. The zero-order valence-electron chi connectivity index (χ0n) is 17.0. The van der Waals surface area contributed by atoms with Gasteiger partial charge in [-0.25, -0.2) is 4.79 Å². The summed E-state index contributed by atoms with van der Waals surface area (Å²) in [6, 6.07) is 0. The topological polar surface area (TPSA) is 95.6 Å². The number of carbonyl (C=O) groups excluding carboxylic acids is 2. The largest absolute Gasteiger partial charge is 0.383 e. The number of piperidine rings is 1. The number of hydrogen-bond donors (Lipinski definition) is 1. The second kappa shape index (κ2) is 8.43. The zero-order valence-corrected chi connectivity index (χ0v) is 17.0. The van der Waals surface area contributed by atoms with E-state index in [-0.39, 0.29) is 17.5 Å². The Balaban J connectivity index is 1.72. The Morgan fingerprint density at radius 3 is 2.61 bits per heavy atom. The fraction of sp³-hybridized carbons (Fsp3) is 0.700. The van der Waals surface area contributed by atoms with Crippen molar-refractivity contribution in [3.8, 4) is 0 Å². The maximum Gasteiger partial charge on any atom is 0.345 e. The highest BCUT2D eigenvalue weighted by molar-refractivity contribution is 5.92. The smallest absolute Gasteiger partial charge is 0.345 e. The minimum Gasteiger partial charge on any atom is -0.383 e. The van der Waals surface area contributed by atoms with E-state index in [1.54, 1.807) is 14.0 Å². The van der Waals surface area contributed by atoms with E-state index in [4.69, 9.17) is 4.74 Å². The molecule has 1 atom stereocenters. The molecule has 28 heavy (non-hydrogen) atoms. The van der Waals surface area contributed by atoms with Gasteiger partial charge < -0.3 is 19.5 Å². The third-order valence-corrected chi connectivity index (χ3v) is 6.10. The maximum absolute atomic E-state index is 13.2. The average Bonchev–Trinajstić information content (AvgIpc) is 3.06. The van der Waals surface area contributed by atoms with Crippen LogP contribution in [0.15, 0.2) is 4.79 Å². The second-order valence-corrected chi connectivity index (χ2v) is 7.80. The molecule has 1 spiro atoms. The van der Waals surface area contributed by atoms with Gasteiger partial charge in [-0.2, -0.15) is 4.98 Å². The molecule has 2 fully saturated rings. The van der Waals surface area contributed by atoms with Crippen LogP contribution in [0.4, 0.5) is 0 Å². The number of aromatic amines is 1. The van der Waals surface area contributed by atoms with Gasteiger partial charge in [-0.3, -0.25) is 9.59 Å². The molecule has 3 heterocycles. The fourth-order valence-corrected chi connectivity index (χ4v) is 4.69. The number of methoxy groups -OCH3 is 1. The highest BCUT2D eigenvalue weighted by atomic mass is 16.5. The third kappa shape index (κ3) is 3.83. The Bertz CT molecular complexity index is 780. The number of nitrogens with zero attached hydrogens (tertiary/aromatic N) is 3. The Kier molecular flexibility index (Phi) is 6.17. The summed E-state index contributed by atoms with van der Waals surface area (Å²) >= 11 is 0. The molecule has 8 heteroatoms. The molecule has 1 aromatic heterocycles. The first-order valence-electron chi connectivity index (χ1n) is 10.0. The number of likely N-dealkylation sites (tertiary alicyclic amines) is 2. The van der Waals surface area contributed by atoms with E-state index in [1.165, 1.54) is 0 Å². The number of aromatic nitrogens is 2. The van der Waals surface area contributed by atoms with E-state index >= 15 is 0 Å². The van der Waals surface area contributed by atoms with Crippen LogP contribution in [0.5, 0.6) is 0 Å². The van der Waals surface area contributed by atoms with Crippen LogP contribution in [0.25, 0.3) is 0 Å². The van der Waals surface area contributed by atoms with Gasteiger partial charge in [0.25, 0.3) is 0 Å². The number of carbonyl (C=O) groups is 2. The lowest BCUT2D eigenvalue weighted by molar-refractivity contribution is -0.155. The number of amides is 2. The van der Waals surface area contributed by atoms with Crippen molar-refractivity contribution in [2.75, 3.05) is 33.4 Å². The predicted octanol–water partition coefficient (Wildman–Crippen LogP) is 0.949. The summed E-state index contributed by atoms with van der Waals surface area (Å²) in [6.45, 7) is 6.05. The lowest BCUT2D eigenvalue weighted by Crippen LogP contribution is -2.61. The van der Waals surface area contributed by atoms with Crippen LogP contribution >= 0.6 is 0 Å². The minimum atomic E-state index is -0.684. The van der Waals surface area contributed by atoms with Crippen molar-refractivity contribution in [3.63, 3.8) is 0 Å². The molecule has 154 valence electrons. The van der Waals surface area contributed by atoms with Gasteiger partial charge in [0, 0.05) is 44.6 Å². The van der Waals surface area contributed by atoms with Crippen molar-refractivity contribution in [1.29, 1.82) is 0 Å². The number of aryl methyl sites for hydroxylation is 2. The number of H-pyrrole nitrogens is 1. The van der Waals surface area contributed by atoms with Gasteiger partial charge in [-0.1, -0.05) is 0 Å². The van der Waals surface area contributed by atoms with Gasteiger partial charge in [0.15, 0.2) is 0 Å². The molecule has 1 N–H and O–H groups in total. The molecule has 2 aliphatic heterocycles. The molecule has 3 rings (SSSR count). The Labute approximate surface area is 165 Å². The lowest BCUT2D eigenvalue weighted by Gasteiger charge is -2.44. The van der Waals surface area contributed by atoms with Crippen LogP contribution in [0.3, 0.4) is 0 Å². The van der Waals surface area contributed by atoms with E-state index in [1.807, 2.05) is 16.7 Å². The predicted molar refractivity (Wildman–Crippen MR) is 104 cm³/mol. The van der Waals surface area contributed by atoms with E-state index in [0.29, 0.717) is 38.2 Å². The molecule has 0 aromatic carbocycles. The first kappa shape index (κ1) is 20.5. The van der Waals surface area contributed by atoms with Gasteiger partial charge in [0.2, 0.25) is 11.8 Å². The van der Waals surface area contributed by atoms with E-state index in [2.05, 4.69) is 9.97 Å². The number of rotatable bonds is 6. The van der Waals surface area contributed by atoms with E-state index in [0.717, 1.165) is 43.5 Å². The minimum absolute atomic E-state index is 0.00411. The Hall–Kier alpha value is -2.22. The fourth-order valence-electron chi connectivity index (χ4n) is 4.69. The summed E-state index contributed by atoms with van der Waals surface area (Å²) in [5, 5.41) is 0. The van der Waals surface area contributed by atoms with Gasteiger partial charge in [0.1, 0.15) is 5.54 Å². The molecule has 2 amide bonds. The molecular weight excluding hydrogens is 360 g/mol. The third-order valence-electron chi connectivity index (χ3n) is 6.10. The van der Waals surface area contributed by atoms with Crippen LogP contribution in [-0.2, 0) is 20.7 Å². The highest BCUT2D eigenvalue weighted by Gasteiger charge is 2.52. The molecular formula is C20H30N4O4. The standard InChI is InChI=1S/C20H30N4O4/c1-14-16(15(2)22-19(27)21-14)6-7-17(25)24-11-5-9-20(24)8-4-10-23(18(20)26)12-13-28-3/h4-13H2,1-3H3,(H,21,22,27). The summed E-state index contributed by atoms with van der Waals surface area (Å²) in [6.07, 6.45) is 4.05. The van der Waals surface area contributed by atoms with Crippen LogP contribution < -0.4 is 5.69 Å². The number of ether oxygens (including phenoxy) is 1. The van der Waals surface area contributed by atoms with Crippen LogP contribution in [0.1, 0.15) is 49.1 Å². The molecule has 1 unspecified atom stereocenters. The molecule has 2 aliphatic rings. The van der Waals surface area contributed by atoms with Gasteiger partial charge in [-0.15, -0.1) is 0 Å². The first-order valence-corrected chi connectivity index (χ1v) is 10.0. The van der Waals surface area contributed by atoms with Gasteiger partial charge in [-0.05, 0) is 51.5 Å². The number of nitrogens with one attached hydrogen (secondary N) is 1. The van der Waals surface area contributed by atoms with Crippen molar-refractivity contribution >= 4 is 11.8 Å². The van der Waals surface area contributed by atoms with Crippen molar-refractivity contribution in [1.82, 2.24) is 19.8 Å². The van der Waals surface area contributed by atoms with Crippen molar-refractivity contribution in [3.05, 3.63) is 27.4 Å². The Morgan fingerprint density at radius 2 is 1.93 bits per heavy atom. The van der Waals surface area contributed by atoms with Crippen molar-refractivity contribution in [2.24, 2.45) is 0 Å². The molecule has 1 aromatic rings. The van der Waals surface area contributed by atoms with E-state index in [9.17, 15) is 14.4 Å². The van der Waals surface area contributed by atoms with Crippen molar-refractivity contribution < 1.29 is 14.3 Å². The van der Waals surface area contributed by atoms with Gasteiger partial charge >= 0.3 is 5.69 Å². The normalized spacial score (nSPS) is 22.3. The Morgan fingerprint density at radius 1 is 1.21 bits per heavy atom. The maximum atomic E-state index is 13.2. The molecule has 2 saturated heterocycles. The second-order valence-electron chi connectivity index (χ2n) is 7.80. The average molecular weight is 390 g/mol. The molecule has 0 saturated carbocycles. The van der Waals surface area contributed by atoms with E-state index < -0.39 is 5.54 Å². The monoisotopic (exact) mass is 390 g/mol. The number of hydrogen-bond acceptors (Lipinski definition) is 5. The summed E-state index contributed by atoms with van der Waals surface area (Å²) in [4.78, 5) is 48.1. The quantitative estimate of drug-likeness (QED) is 0.780. The van der Waals surface area contributed by atoms with Gasteiger partial charge in [0.05, 0.1) is 6.61 Å².